The number of carbonyl (C=O) groups is 2. The third-order valence-electron chi connectivity index (χ3n) is 5.90. The van der Waals surface area contributed by atoms with E-state index >= 15 is 0 Å². The van der Waals surface area contributed by atoms with Crippen molar-refractivity contribution < 1.29 is 9.59 Å². The molecule has 2 amide bonds. The number of carbonyl (C=O) groups excluding carboxylic acids is 2. The predicted molar refractivity (Wildman–Crippen MR) is 128 cm³/mol. The summed E-state index contributed by atoms with van der Waals surface area (Å²) in [6.07, 6.45) is 4.66. The van der Waals surface area contributed by atoms with E-state index in [1.54, 1.807) is 15.5 Å². The highest BCUT2D eigenvalue weighted by Crippen LogP contribution is 2.19. The van der Waals surface area contributed by atoms with Crippen molar-refractivity contribution in [3.63, 3.8) is 0 Å². The molecule has 0 bridgehead atoms. The number of nitrogens with one attached hydrogen (secondary N) is 1. The number of aromatic nitrogens is 3. The van der Waals surface area contributed by atoms with E-state index < -0.39 is 0 Å². The Bertz CT molecular complexity index is 1250. The van der Waals surface area contributed by atoms with E-state index in [0.717, 1.165) is 10.9 Å². The summed E-state index contributed by atoms with van der Waals surface area (Å²) in [5.41, 5.74) is 2.95. The lowest BCUT2D eigenvalue weighted by Gasteiger charge is -2.29. The van der Waals surface area contributed by atoms with Crippen molar-refractivity contribution in [3.05, 3.63) is 95.9 Å². The molecule has 2 heterocycles. The van der Waals surface area contributed by atoms with Gasteiger partial charge >= 0.3 is 0 Å². The van der Waals surface area contributed by atoms with Crippen LogP contribution in [0.3, 0.4) is 0 Å². The number of aryl methyl sites for hydroxylation is 1. The third-order valence-corrected chi connectivity index (χ3v) is 5.90. The summed E-state index contributed by atoms with van der Waals surface area (Å²) < 4.78 is 1.79. The zero-order valence-corrected chi connectivity index (χ0v) is 18.8. The molecule has 7 heteroatoms. The molecule has 0 unspecified atom stereocenters. The van der Waals surface area contributed by atoms with Crippen molar-refractivity contribution in [2.24, 2.45) is 7.05 Å². The van der Waals surface area contributed by atoms with Crippen LogP contribution in [0.2, 0.25) is 0 Å². The number of rotatable bonds is 8. The number of nitrogens with zero attached hydrogens (tertiary/aromatic N) is 4. The molecule has 0 aliphatic rings. The van der Waals surface area contributed by atoms with Gasteiger partial charge in [0.2, 0.25) is 0 Å². The van der Waals surface area contributed by atoms with Crippen molar-refractivity contribution in [1.29, 1.82) is 0 Å². The van der Waals surface area contributed by atoms with Crippen LogP contribution < -0.4 is 5.32 Å². The highest BCUT2D eigenvalue weighted by Gasteiger charge is 2.24. The molecule has 0 saturated carbocycles. The van der Waals surface area contributed by atoms with Gasteiger partial charge in [0.15, 0.2) is 0 Å². The summed E-state index contributed by atoms with van der Waals surface area (Å²) >= 11 is 0. The summed E-state index contributed by atoms with van der Waals surface area (Å²) in [6.45, 7) is 0.453. The van der Waals surface area contributed by atoms with Crippen molar-refractivity contribution in [2.75, 3.05) is 13.6 Å². The van der Waals surface area contributed by atoms with Gasteiger partial charge in [-0.05, 0) is 36.6 Å². The number of benzene rings is 2. The molecule has 1 atom stereocenters. The third kappa shape index (κ3) is 5.09. The van der Waals surface area contributed by atoms with Crippen molar-refractivity contribution >= 4 is 22.7 Å². The summed E-state index contributed by atoms with van der Waals surface area (Å²) in [7, 11) is 3.65. The van der Waals surface area contributed by atoms with E-state index in [2.05, 4.69) is 27.6 Å². The maximum absolute atomic E-state index is 13.5. The maximum Gasteiger partial charge on any atom is 0.267 e. The molecule has 4 aromatic rings. The van der Waals surface area contributed by atoms with Crippen LogP contribution in [0.4, 0.5) is 0 Å². The molecule has 0 saturated heterocycles. The first-order chi connectivity index (χ1) is 16.0. The van der Waals surface area contributed by atoms with Crippen molar-refractivity contribution in [1.82, 2.24) is 25.0 Å². The highest BCUT2D eigenvalue weighted by molar-refractivity contribution is 6.05. The van der Waals surface area contributed by atoms with Gasteiger partial charge < -0.3 is 14.8 Å². The Balaban J connectivity index is 1.52. The number of likely N-dealkylation sites (N-methyl/N-ethyl adjacent to an activating group) is 1. The van der Waals surface area contributed by atoms with Gasteiger partial charge in [-0.2, -0.15) is 10.2 Å². The molecule has 0 spiro atoms. The Hall–Kier alpha value is -4.00. The van der Waals surface area contributed by atoms with Gasteiger partial charge in [0.1, 0.15) is 5.69 Å². The van der Waals surface area contributed by atoms with E-state index in [-0.39, 0.29) is 17.9 Å². The van der Waals surface area contributed by atoms with Gasteiger partial charge in [-0.15, -0.1) is 0 Å². The van der Waals surface area contributed by atoms with Crippen molar-refractivity contribution in [3.8, 4) is 0 Å². The fraction of sp³-hybridized carbons (Fsp3) is 0.231. The van der Waals surface area contributed by atoms with Crippen LogP contribution in [0.1, 0.15) is 32.8 Å². The van der Waals surface area contributed by atoms with Gasteiger partial charge in [-0.3, -0.25) is 9.59 Å². The first kappa shape index (κ1) is 22.2. The smallest absolute Gasteiger partial charge is 0.267 e. The Morgan fingerprint density at radius 3 is 2.55 bits per heavy atom. The first-order valence-corrected chi connectivity index (χ1v) is 11.0. The summed E-state index contributed by atoms with van der Waals surface area (Å²) in [4.78, 5) is 27.8. The highest BCUT2D eigenvalue weighted by atomic mass is 16.2. The molecule has 4 rings (SSSR count). The van der Waals surface area contributed by atoms with E-state index in [9.17, 15) is 9.59 Å². The van der Waals surface area contributed by atoms with Crippen LogP contribution in [-0.4, -0.2) is 51.1 Å². The van der Waals surface area contributed by atoms with E-state index in [4.69, 9.17) is 0 Å². The fourth-order valence-corrected chi connectivity index (χ4v) is 3.99. The Morgan fingerprint density at radius 2 is 1.79 bits per heavy atom. The average molecular weight is 442 g/mol. The van der Waals surface area contributed by atoms with Crippen LogP contribution in [0, 0.1) is 0 Å². The van der Waals surface area contributed by atoms with Gasteiger partial charge in [0.25, 0.3) is 11.8 Å². The normalized spacial score (nSPS) is 11.8. The SMILES string of the molecule is CN(C(=O)c1cnnc2ccccc12)[C@H](CCNC(=O)c1cccn1C)Cc1ccccc1. The topological polar surface area (TPSA) is 80.1 Å². The molecule has 1 N–H and O–H groups in total. The minimum atomic E-state index is -0.126. The first-order valence-electron chi connectivity index (χ1n) is 11.0. The lowest BCUT2D eigenvalue weighted by Crippen LogP contribution is -2.41. The van der Waals surface area contributed by atoms with Gasteiger partial charge in [-0.25, -0.2) is 0 Å². The zero-order valence-electron chi connectivity index (χ0n) is 18.8. The quantitative estimate of drug-likeness (QED) is 0.454. The number of hydrogen-bond acceptors (Lipinski definition) is 4. The molecule has 33 heavy (non-hydrogen) atoms. The molecule has 0 radical (unpaired) electrons. The number of fused-ring (bicyclic) bond motifs is 1. The summed E-state index contributed by atoms with van der Waals surface area (Å²) in [5.74, 6) is -0.241. The summed E-state index contributed by atoms with van der Waals surface area (Å²) in [6, 6.07) is 21.1. The monoisotopic (exact) mass is 441 g/mol. The second-order valence-corrected chi connectivity index (χ2v) is 8.08. The fourth-order valence-electron chi connectivity index (χ4n) is 3.99. The van der Waals surface area contributed by atoms with Gasteiger partial charge in [-0.1, -0.05) is 48.5 Å². The number of amides is 2. The Morgan fingerprint density at radius 1 is 1.03 bits per heavy atom. The predicted octanol–water partition coefficient (Wildman–Crippen LogP) is 3.47. The zero-order chi connectivity index (χ0) is 23.2. The minimum absolute atomic E-state index is 0.111. The Kier molecular flexibility index (Phi) is 6.78. The van der Waals surface area contributed by atoms with E-state index in [0.29, 0.717) is 36.2 Å². The van der Waals surface area contributed by atoms with Crippen LogP contribution in [0.25, 0.3) is 10.9 Å². The van der Waals surface area contributed by atoms with Crippen LogP contribution >= 0.6 is 0 Å². The molecule has 0 aliphatic heterocycles. The van der Waals surface area contributed by atoms with Gasteiger partial charge in [0, 0.05) is 38.3 Å². The molecule has 0 aliphatic carbocycles. The van der Waals surface area contributed by atoms with Gasteiger partial charge in [0.05, 0.1) is 17.3 Å². The summed E-state index contributed by atoms with van der Waals surface area (Å²) in [5, 5.41) is 11.9. The molecular formula is C26H27N5O2. The molecule has 168 valence electrons. The lowest BCUT2D eigenvalue weighted by molar-refractivity contribution is 0.0724. The van der Waals surface area contributed by atoms with Crippen LogP contribution in [0.5, 0.6) is 0 Å². The second kappa shape index (κ2) is 10.1. The Labute approximate surface area is 193 Å². The average Bonchev–Trinajstić information content (AvgIpc) is 3.28. The minimum Gasteiger partial charge on any atom is -0.351 e. The van der Waals surface area contributed by atoms with Crippen LogP contribution in [0.15, 0.2) is 79.1 Å². The standard InChI is InChI=1S/C26H27N5O2/c1-30-16-8-13-24(30)25(32)27-15-14-20(17-19-9-4-3-5-10-19)31(2)26(33)22-18-28-29-23-12-7-6-11-21(22)23/h3-13,16,18,20H,14-15,17H2,1-2H3,(H,27,32)/t20-/m1/s1. The maximum atomic E-state index is 13.5. The lowest BCUT2D eigenvalue weighted by atomic mass is 10.0. The molecule has 0 fully saturated rings. The largest absolute Gasteiger partial charge is 0.351 e. The molecular weight excluding hydrogens is 414 g/mol. The van der Waals surface area contributed by atoms with Crippen molar-refractivity contribution in [2.45, 2.75) is 18.9 Å². The molecule has 2 aromatic heterocycles. The van der Waals surface area contributed by atoms with Crippen LogP contribution in [-0.2, 0) is 13.5 Å². The molecule has 2 aromatic carbocycles. The number of hydrogen-bond donors (Lipinski definition) is 1. The van der Waals surface area contributed by atoms with E-state index in [1.807, 2.05) is 68.8 Å². The molecule has 7 nitrogen and oxygen atoms in total. The second-order valence-electron chi connectivity index (χ2n) is 8.08. The van der Waals surface area contributed by atoms with E-state index in [1.165, 1.54) is 6.20 Å².